The zero-order valence-corrected chi connectivity index (χ0v) is 5.94. The highest BCUT2D eigenvalue weighted by molar-refractivity contribution is 7.12. The highest BCUT2D eigenvalue weighted by atomic mass is 32.1. The van der Waals surface area contributed by atoms with Gasteiger partial charge in [-0.15, -0.1) is 17.8 Å². The fourth-order valence-electron chi connectivity index (χ4n) is 0.614. The van der Waals surface area contributed by atoms with E-state index in [2.05, 4.69) is 5.92 Å². The van der Waals surface area contributed by atoms with Gasteiger partial charge < -0.3 is 5.73 Å². The van der Waals surface area contributed by atoms with E-state index < -0.39 is 5.91 Å². The van der Waals surface area contributed by atoms with Crippen LogP contribution in [0.15, 0.2) is 11.4 Å². The number of hydrogen-bond donors (Lipinski definition) is 1. The summed E-state index contributed by atoms with van der Waals surface area (Å²) in [4.78, 5) is 11.0. The third-order valence-electron chi connectivity index (χ3n) is 1.04. The molecule has 0 unspecified atom stereocenters. The van der Waals surface area contributed by atoms with E-state index in [1.807, 2.05) is 0 Å². The fraction of sp³-hybridized carbons (Fsp3) is 0. The van der Waals surface area contributed by atoms with Crippen LogP contribution in [0.4, 0.5) is 0 Å². The molecule has 1 heterocycles. The molecule has 0 aromatic carbocycles. The molecule has 0 saturated heterocycles. The van der Waals surface area contributed by atoms with Crippen LogP contribution >= 0.6 is 11.3 Å². The Labute approximate surface area is 62.7 Å². The second kappa shape index (κ2) is 2.54. The van der Waals surface area contributed by atoms with Gasteiger partial charge in [-0.3, -0.25) is 4.79 Å². The Balaban J connectivity index is 3.17. The number of rotatable bonds is 1. The van der Waals surface area contributed by atoms with Gasteiger partial charge in [-0.25, -0.2) is 0 Å². The molecule has 1 aromatic rings. The standard InChI is InChI=1S/C7H5NOS/c1-2-5-3-4-10-6(5)7(8)9/h1,3-4H,(H2,8,9). The van der Waals surface area contributed by atoms with Crippen molar-refractivity contribution in [1.29, 1.82) is 0 Å². The third-order valence-corrected chi connectivity index (χ3v) is 1.97. The molecule has 0 radical (unpaired) electrons. The van der Waals surface area contributed by atoms with Gasteiger partial charge in [0.1, 0.15) is 4.88 Å². The average molecular weight is 151 g/mol. The van der Waals surface area contributed by atoms with Gasteiger partial charge in [0.2, 0.25) is 0 Å². The van der Waals surface area contributed by atoms with Crippen LogP contribution in [-0.2, 0) is 0 Å². The highest BCUT2D eigenvalue weighted by Crippen LogP contribution is 2.13. The second-order valence-electron chi connectivity index (χ2n) is 1.67. The predicted molar refractivity (Wildman–Crippen MR) is 40.8 cm³/mol. The summed E-state index contributed by atoms with van der Waals surface area (Å²) in [5.41, 5.74) is 5.59. The molecule has 0 atom stereocenters. The first kappa shape index (κ1) is 6.84. The van der Waals surface area contributed by atoms with E-state index in [0.717, 1.165) is 0 Å². The zero-order chi connectivity index (χ0) is 7.56. The predicted octanol–water partition coefficient (Wildman–Crippen LogP) is 0.828. The van der Waals surface area contributed by atoms with Crippen molar-refractivity contribution in [3.8, 4) is 12.3 Å². The smallest absolute Gasteiger partial charge is 0.260 e. The van der Waals surface area contributed by atoms with Crippen LogP contribution in [-0.4, -0.2) is 5.91 Å². The first-order chi connectivity index (χ1) is 4.75. The van der Waals surface area contributed by atoms with Crippen LogP contribution < -0.4 is 5.73 Å². The highest BCUT2D eigenvalue weighted by Gasteiger charge is 2.05. The Morgan fingerprint density at radius 3 is 2.90 bits per heavy atom. The Kier molecular flexibility index (Phi) is 1.74. The number of thiophene rings is 1. The topological polar surface area (TPSA) is 43.1 Å². The van der Waals surface area contributed by atoms with Crippen LogP contribution in [0.2, 0.25) is 0 Å². The van der Waals surface area contributed by atoms with Crippen molar-refractivity contribution in [3.05, 3.63) is 21.9 Å². The molecule has 0 aliphatic carbocycles. The molecular weight excluding hydrogens is 146 g/mol. The lowest BCUT2D eigenvalue weighted by atomic mass is 10.3. The molecular formula is C7H5NOS. The van der Waals surface area contributed by atoms with Gasteiger partial charge in [-0.2, -0.15) is 0 Å². The maximum Gasteiger partial charge on any atom is 0.260 e. The number of carbonyl (C=O) groups excluding carboxylic acids is 1. The molecule has 2 nitrogen and oxygen atoms in total. The molecule has 1 rings (SSSR count). The van der Waals surface area contributed by atoms with Gasteiger partial charge in [-0.05, 0) is 11.4 Å². The first-order valence-electron chi connectivity index (χ1n) is 2.59. The van der Waals surface area contributed by atoms with E-state index >= 15 is 0 Å². The van der Waals surface area contributed by atoms with Crippen LogP contribution in [0.25, 0.3) is 0 Å². The SMILES string of the molecule is C#Cc1ccsc1C(N)=O. The Hall–Kier alpha value is -1.27. The Bertz CT molecular complexity index is 295. The summed E-state index contributed by atoms with van der Waals surface area (Å²) in [7, 11) is 0. The minimum absolute atomic E-state index is 0.456. The van der Waals surface area contributed by atoms with E-state index in [1.165, 1.54) is 11.3 Å². The van der Waals surface area contributed by atoms with Gasteiger partial charge in [0.15, 0.2) is 0 Å². The van der Waals surface area contributed by atoms with Crippen molar-refractivity contribution >= 4 is 17.2 Å². The summed E-state index contributed by atoms with van der Waals surface area (Å²) in [6.45, 7) is 0. The average Bonchev–Trinajstić information content (AvgIpc) is 2.33. The van der Waals surface area contributed by atoms with Crippen molar-refractivity contribution in [1.82, 2.24) is 0 Å². The van der Waals surface area contributed by atoms with E-state index in [1.54, 1.807) is 11.4 Å². The molecule has 0 bridgehead atoms. The number of nitrogens with two attached hydrogens (primary N) is 1. The number of amides is 1. The van der Waals surface area contributed by atoms with Crippen LogP contribution in [0, 0.1) is 12.3 Å². The van der Waals surface area contributed by atoms with Crippen LogP contribution in [0.5, 0.6) is 0 Å². The molecule has 10 heavy (non-hydrogen) atoms. The summed E-state index contributed by atoms with van der Waals surface area (Å²) in [6.07, 6.45) is 5.08. The van der Waals surface area contributed by atoms with E-state index in [9.17, 15) is 4.79 Å². The molecule has 0 spiro atoms. The number of primary amides is 1. The van der Waals surface area contributed by atoms with Gasteiger partial charge in [0.05, 0.1) is 0 Å². The molecule has 1 aromatic heterocycles. The van der Waals surface area contributed by atoms with Crippen LogP contribution in [0.1, 0.15) is 15.2 Å². The van der Waals surface area contributed by atoms with Crippen molar-refractivity contribution in [2.75, 3.05) is 0 Å². The lowest BCUT2D eigenvalue weighted by Gasteiger charge is -1.87. The summed E-state index contributed by atoms with van der Waals surface area (Å²) < 4.78 is 0. The molecule has 1 amide bonds. The van der Waals surface area contributed by atoms with Crippen molar-refractivity contribution < 1.29 is 4.79 Å². The van der Waals surface area contributed by atoms with E-state index in [0.29, 0.717) is 10.4 Å². The van der Waals surface area contributed by atoms with Gasteiger partial charge in [0.25, 0.3) is 5.91 Å². The maximum absolute atomic E-state index is 10.6. The zero-order valence-electron chi connectivity index (χ0n) is 5.13. The monoisotopic (exact) mass is 151 g/mol. The first-order valence-corrected chi connectivity index (χ1v) is 3.47. The molecule has 0 aliphatic rings. The van der Waals surface area contributed by atoms with Gasteiger partial charge in [-0.1, -0.05) is 5.92 Å². The van der Waals surface area contributed by atoms with Gasteiger partial charge in [0, 0.05) is 5.56 Å². The molecule has 2 N–H and O–H groups in total. The van der Waals surface area contributed by atoms with Crippen LogP contribution in [0.3, 0.4) is 0 Å². The van der Waals surface area contributed by atoms with Gasteiger partial charge >= 0.3 is 0 Å². The quantitative estimate of drug-likeness (QED) is 0.593. The van der Waals surface area contributed by atoms with Crippen molar-refractivity contribution in [2.45, 2.75) is 0 Å². The summed E-state index contributed by atoms with van der Waals surface area (Å²) >= 11 is 1.27. The molecule has 0 saturated carbocycles. The normalized spacial score (nSPS) is 8.70. The number of carbonyl (C=O) groups is 1. The Morgan fingerprint density at radius 1 is 1.80 bits per heavy atom. The molecule has 50 valence electrons. The Morgan fingerprint density at radius 2 is 2.50 bits per heavy atom. The summed E-state index contributed by atoms with van der Waals surface area (Å²) in [5.74, 6) is 1.91. The molecule has 0 fully saturated rings. The fourth-order valence-corrected chi connectivity index (χ4v) is 1.32. The third kappa shape index (κ3) is 1.02. The maximum atomic E-state index is 10.6. The number of hydrogen-bond acceptors (Lipinski definition) is 2. The lowest BCUT2D eigenvalue weighted by Crippen LogP contribution is -2.09. The van der Waals surface area contributed by atoms with E-state index in [-0.39, 0.29) is 0 Å². The minimum atomic E-state index is -0.456. The minimum Gasteiger partial charge on any atom is -0.365 e. The van der Waals surface area contributed by atoms with E-state index in [4.69, 9.17) is 12.2 Å². The number of terminal acetylenes is 1. The van der Waals surface area contributed by atoms with Crippen molar-refractivity contribution in [3.63, 3.8) is 0 Å². The van der Waals surface area contributed by atoms with Crippen molar-refractivity contribution in [2.24, 2.45) is 5.73 Å². The summed E-state index contributed by atoms with van der Waals surface area (Å²) in [6, 6.07) is 1.70. The lowest BCUT2D eigenvalue weighted by molar-refractivity contribution is 0.100. The largest absolute Gasteiger partial charge is 0.365 e. The summed E-state index contributed by atoms with van der Waals surface area (Å²) in [5, 5.41) is 1.75. The molecule has 0 aliphatic heterocycles. The second-order valence-corrected chi connectivity index (χ2v) is 2.59. The molecule has 3 heteroatoms.